The van der Waals surface area contributed by atoms with Gasteiger partial charge in [0.1, 0.15) is 6.29 Å². The molecule has 0 aliphatic heterocycles. The molecule has 0 amide bonds. The van der Waals surface area contributed by atoms with Gasteiger partial charge in [-0.3, -0.25) is 0 Å². The Bertz CT molecular complexity index is 819. The smallest absolute Gasteiger partial charge is 0.128 e. The fourth-order valence-corrected chi connectivity index (χ4v) is 9.37. The number of carbonyl (C=O) groups excluding carboxylic acids is 1. The number of rotatable bonds is 5. The topological polar surface area (TPSA) is 37.3 Å². The van der Waals surface area contributed by atoms with Crippen LogP contribution in [0.3, 0.4) is 0 Å². The Morgan fingerprint density at radius 1 is 1.03 bits per heavy atom. The molecule has 0 spiro atoms. The van der Waals surface area contributed by atoms with Crippen LogP contribution in [-0.4, -0.2) is 17.5 Å². The fraction of sp³-hybridized carbons (Fsp3) is 0.833. The molecule has 1 N–H and O–H groups in total. The minimum absolute atomic E-state index is 0.0833. The lowest BCUT2D eigenvalue weighted by Gasteiger charge is -2.61. The van der Waals surface area contributed by atoms with Crippen LogP contribution in [0.15, 0.2) is 22.8 Å². The summed E-state index contributed by atoms with van der Waals surface area (Å²) in [5, 5.41) is 10.8. The largest absolute Gasteiger partial charge is 0.392 e. The van der Waals surface area contributed by atoms with Crippen molar-refractivity contribution in [2.24, 2.45) is 39.4 Å². The number of aliphatic hydroxyl groups excluding tert-OH is 1. The second-order valence-electron chi connectivity index (χ2n) is 13.2. The van der Waals surface area contributed by atoms with E-state index in [0.717, 1.165) is 43.8 Å². The fourth-order valence-electron chi connectivity index (χ4n) is 9.37. The van der Waals surface area contributed by atoms with Gasteiger partial charge in [-0.2, -0.15) is 0 Å². The number of aldehydes is 1. The summed E-state index contributed by atoms with van der Waals surface area (Å²) in [5.74, 6) is 1.86. The van der Waals surface area contributed by atoms with Gasteiger partial charge in [-0.05, 0) is 112 Å². The highest BCUT2D eigenvalue weighted by Crippen LogP contribution is 2.72. The Morgan fingerprint density at radius 3 is 2.41 bits per heavy atom. The summed E-state index contributed by atoms with van der Waals surface area (Å²) in [6.45, 7) is 16.6. The molecule has 2 saturated carbocycles. The zero-order chi connectivity index (χ0) is 23.5. The molecule has 0 heterocycles. The van der Waals surface area contributed by atoms with E-state index in [4.69, 9.17) is 0 Å². The van der Waals surface area contributed by atoms with Crippen molar-refractivity contribution in [2.75, 3.05) is 0 Å². The van der Waals surface area contributed by atoms with Crippen molar-refractivity contribution in [3.8, 4) is 0 Å². The average molecular weight is 441 g/mol. The molecule has 8 atom stereocenters. The number of carbonyl (C=O) groups is 1. The molecule has 0 bridgehead atoms. The standard InChI is InChI=1S/C30H48O2/c1-20(2)9-8-10-21(3)22-13-17-30(7)24-11-12-25-27(4,23(24)14-18-29(22,30)6)16-15-26(32)28(25,5)19-31/h9,19,21-22,25-26,32H,8,10-18H2,1-7H3/t21-,22-,25-,26+,27-,28-,29-,30+/m1/s1. The number of allylic oxidation sites excluding steroid dienone is 4. The Labute approximate surface area is 197 Å². The zero-order valence-corrected chi connectivity index (χ0v) is 21.9. The highest BCUT2D eigenvalue weighted by atomic mass is 16.3. The van der Waals surface area contributed by atoms with Crippen LogP contribution in [0.4, 0.5) is 0 Å². The van der Waals surface area contributed by atoms with Crippen LogP contribution in [0.5, 0.6) is 0 Å². The van der Waals surface area contributed by atoms with E-state index >= 15 is 0 Å². The van der Waals surface area contributed by atoms with Gasteiger partial charge in [-0.15, -0.1) is 0 Å². The van der Waals surface area contributed by atoms with Crippen molar-refractivity contribution in [3.63, 3.8) is 0 Å². The maximum Gasteiger partial charge on any atom is 0.128 e. The summed E-state index contributed by atoms with van der Waals surface area (Å²) < 4.78 is 0. The molecule has 2 nitrogen and oxygen atoms in total. The normalized spacial score (nSPS) is 46.7. The molecule has 0 unspecified atom stereocenters. The summed E-state index contributed by atoms with van der Waals surface area (Å²) in [6.07, 6.45) is 14.7. The number of fused-ring (bicyclic) bond motifs is 4. The van der Waals surface area contributed by atoms with Gasteiger partial charge in [0.05, 0.1) is 11.5 Å². The average Bonchev–Trinajstić information content (AvgIpc) is 3.02. The molecular weight excluding hydrogens is 392 g/mol. The molecule has 180 valence electrons. The van der Waals surface area contributed by atoms with E-state index in [-0.39, 0.29) is 11.3 Å². The van der Waals surface area contributed by atoms with Gasteiger partial charge in [0.15, 0.2) is 0 Å². The van der Waals surface area contributed by atoms with Crippen LogP contribution in [-0.2, 0) is 4.79 Å². The van der Waals surface area contributed by atoms with E-state index in [2.05, 4.69) is 47.6 Å². The first-order valence-electron chi connectivity index (χ1n) is 13.4. The van der Waals surface area contributed by atoms with Gasteiger partial charge in [0.2, 0.25) is 0 Å². The zero-order valence-electron chi connectivity index (χ0n) is 21.9. The summed E-state index contributed by atoms with van der Waals surface area (Å²) in [4.78, 5) is 12.2. The monoisotopic (exact) mass is 440 g/mol. The quantitative estimate of drug-likeness (QED) is 0.352. The van der Waals surface area contributed by atoms with Gasteiger partial charge in [-0.25, -0.2) is 0 Å². The molecule has 0 aromatic heterocycles. The molecule has 0 saturated heterocycles. The molecule has 2 heteroatoms. The lowest BCUT2D eigenvalue weighted by Crippen LogP contribution is -2.56. The molecule has 32 heavy (non-hydrogen) atoms. The van der Waals surface area contributed by atoms with Crippen LogP contribution >= 0.6 is 0 Å². The van der Waals surface area contributed by atoms with Gasteiger partial charge in [-0.1, -0.05) is 57.4 Å². The molecule has 0 aromatic carbocycles. The SMILES string of the molecule is CC(C)=CCC[C@@H](C)[C@H]1CC[C@@]2(C)C3=C(CC[C@]12C)[C@@]1(C)CC[C@H](O)[C@](C)(C=O)[C@@H]1CC3. The van der Waals surface area contributed by atoms with Crippen molar-refractivity contribution < 1.29 is 9.90 Å². The van der Waals surface area contributed by atoms with E-state index in [0.29, 0.717) is 10.8 Å². The first kappa shape index (κ1) is 24.2. The molecule has 0 radical (unpaired) electrons. The summed E-state index contributed by atoms with van der Waals surface area (Å²) in [5.41, 5.74) is 5.10. The van der Waals surface area contributed by atoms with Crippen molar-refractivity contribution in [1.29, 1.82) is 0 Å². The Hall–Kier alpha value is -0.890. The molecule has 2 fully saturated rings. The van der Waals surface area contributed by atoms with Gasteiger partial charge in [0, 0.05) is 0 Å². The van der Waals surface area contributed by atoms with Crippen molar-refractivity contribution in [3.05, 3.63) is 22.8 Å². The third kappa shape index (κ3) is 3.25. The maximum atomic E-state index is 12.2. The summed E-state index contributed by atoms with van der Waals surface area (Å²) >= 11 is 0. The third-order valence-corrected chi connectivity index (χ3v) is 11.6. The van der Waals surface area contributed by atoms with Gasteiger partial charge >= 0.3 is 0 Å². The number of hydrogen-bond acceptors (Lipinski definition) is 2. The van der Waals surface area contributed by atoms with Crippen LogP contribution in [0.25, 0.3) is 0 Å². The van der Waals surface area contributed by atoms with Crippen molar-refractivity contribution in [1.82, 2.24) is 0 Å². The van der Waals surface area contributed by atoms with Crippen LogP contribution in [0.2, 0.25) is 0 Å². The van der Waals surface area contributed by atoms with Crippen LogP contribution < -0.4 is 0 Å². The maximum absolute atomic E-state index is 12.2. The number of hydrogen-bond donors (Lipinski definition) is 1. The predicted molar refractivity (Wildman–Crippen MR) is 133 cm³/mol. The van der Waals surface area contributed by atoms with E-state index in [9.17, 15) is 9.90 Å². The molecule has 4 aliphatic carbocycles. The lowest BCUT2D eigenvalue weighted by atomic mass is 9.43. The van der Waals surface area contributed by atoms with E-state index in [1.54, 1.807) is 11.1 Å². The minimum Gasteiger partial charge on any atom is -0.392 e. The Morgan fingerprint density at radius 2 is 1.75 bits per heavy atom. The van der Waals surface area contributed by atoms with E-state index < -0.39 is 11.5 Å². The third-order valence-electron chi connectivity index (χ3n) is 11.6. The van der Waals surface area contributed by atoms with E-state index in [1.807, 2.05) is 6.92 Å². The Kier molecular flexibility index (Phi) is 6.14. The summed E-state index contributed by atoms with van der Waals surface area (Å²) in [6, 6.07) is 0. The second-order valence-corrected chi connectivity index (χ2v) is 13.2. The molecule has 4 aliphatic rings. The van der Waals surface area contributed by atoms with Crippen LogP contribution in [0.1, 0.15) is 113 Å². The molecule has 0 aromatic rings. The van der Waals surface area contributed by atoms with Crippen molar-refractivity contribution in [2.45, 2.75) is 119 Å². The Balaban J connectivity index is 1.66. The van der Waals surface area contributed by atoms with Gasteiger partial charge < -0.3 is 9.90 Å². The molecular formula is C30H48O2. The van der Waals surface area contributed by atoms with E-state index in [1.165, 1.54) is 44.1 Å². The summed E-state index contributed by atoms with van der Waals surface area (Å²) in [7, 11) is 0. The number of aliphatic hydroxyl groups is 1. The van der Waals surface area contributed by atoms with Crippen molar-refractivity contribution >= 4 is 6.29 Å². The predicted octanol–water partition coefficient (Wildman–Crippen LogP) is 7.66. The highest BCUT2D eigenvalue weighted by Gasteiger charge is 2.63. The second kappa shape index (κ2) is 8.10. The van der Waals surface area contributed by atoms with Crippen LogP contribution in [0, 0.1) is 39.4 Å². The first-order chi connectivity index (χ1) is 14.9. The molecule has 4 rings (SSSR count). The lowest BCUT2D eigenvalue weighted by molar-refractivity contribution is -0.142. The first-order valence-corrected chi connectivity index (χ1v) is 13.4. The minimum atomic E-state index is -0.592. The van der Waals surface area contributed by atoms with Gasteiger partial charge in [0.25, 0.3) is 0 Å². The highest BCUT2D eigenvalue weighted by molar-refractivity contribution is 5.62.